The van der Waals surface area contributed by atoms with Crippen molar-refractivity contribution in [2.45, 2.75) is 32.3 Å². The first-order chi connectivity index (χ1) is 9.05. The van der Waals surface area contributed by atoms with E-state index in [9.17, 15) is 4.79 Å². The fourth-order valence-electron chi connectivity index (χ4n) is 1.72. The van der Waals surface area contributed by atoms with Crippen LogP contribution in [0, 0.1) is 0 Å². The highest BCUT2D eigenvalue weighted by Crippen LogP contribution is 2.20. The number of hydrogen-bond acceptors (Lipinski definition) is 4. The maximum absolute atomic E-state index is 11.6. The van der Waals surface area contributed by atoms with Crippen LogP contribution < -0.4 is 22.4 Å². The number of rotatable bonds is 4. The van der Waals surface area contributed by atoms with Crippen molar-refractivity contribution in [2.24, 2.45) is 5.10 Å². The number of amides is 1. The molecule has 1 atom stereocenters. The zero-order valence-electron chi connectivity index (χ0n) is 11.5. The molecule has 20 heavy (non-hydrogen) atoms. The number of pyridine rings is 1. The first kappa shape index (κ1) is 16.6. The normalized spacial score (nSPS) is 20.6. The molecule has 1 unspecified atom stereocenters. The molecule has 2 heterocycles. The van der Waals surface area contributed by atoms with Crippen molar-refractivity contribution in [1.29, 1.82) is 0 Å². The van der Waals surface area contributed by atoms with Crippen LogP contribution in [0.3, 0.4) is 0 Å². The molecular formula is C13H18ClN3O3. The van der Waals surface area contributed by atoms with E-state index in [1.807, 2.05) is 44.4 Å². The molecule has 7 heteroatoms. The molecule has 1 amide bonds. The van der Waals surface area contributed by atoms with E-state index in [-0.39, 0.29) is 31.0 Å². The second-order valence-electron chi connectivity index (χ2n) is 4.73. The van der Waals surface area contributed by atoms with Gasteiger partial charge in [0.05, 0.1) is 12.8 Å². The number of hydrogen-bond donors (Lipinski definition) is 1. The van der Waals surface area contributed by atoms with Gasteiger partial charge in [-0.3, -0.25) is 4.79 Å². The molecular weight excluding hydrogens is 282 g/mol. The average molecular weight is 300 g/mol. The summed E-state index contributed by atoms with van der Waals surface area (Å²) in [7, 11) is 0. The number of halogens is 1. The molecule has 1 aliphatic rings. The molecule has 0 saturated carbocycles. The summed E-state index contributed by atoms with van der Waals surface area (Å²) in [6.07, 6.45) is 4.96. The van der Waals surface area contributed by atoms with Gasteiger partial charge in [-0.25, -0.2) is 5.43 Å². The molecule has 1 aromatic heterocycles. The molecule has 1 saturated heterocycles. The van der Waals surface area contributed by atoms with Crippen LogP contribution in [-0.2, 0) is 20.8 Å². The van der Waals surface area contributed by atoms with E-state index in [0.717, 1.165) is 0 Å². The van der Waals surface area contributed by atoms with E-state index >= 15 is 0 Å². The highest BCUT2D eigenvalue weighted by molar-refractivity contribution is 5.75. The lowest BCUT2D eigenvalue weighted by molar-refractivity contribution is -0.684. The van der Waals surface area contributed by atoms with E-state index in [4.69, 9.17) is 9.47 Å². The van der Waals surface area contributed by atoms with Crippen LogP contribution in [-0.4, -0.2) is 30.6 Å². The minimum atomic E-state index is -0.583. The Hall–Kier alpha value is -1.50. The fourth-order valence-corrected chi connectivity index (χ4v) is 1.72. The van der Waals surface area contributed by atoms with Crippen LogP contribution >= 0.6 is 0 Å². The third-order valence-corrected chi connectivity index (χ3v) is 2.56. The quantitative estimate of drug-likeness (QED) is 0.372. The summed E-state index contributed by atoms with van der Waals surface area (Å²) < 4.78 is 12.7. The zero-order chi connectivity index (χ0) is 13.7. The van der Waals surface area contributed by atoms with Gasteiger partial charge in [-0.05, 0) is 13.8 Å². The van der Waals surface area contributed by atoms with Gasteiger partial charge in [-0.2, -0.15) is 9.67 Å². The number of ether oxygens (including phenoxy) is 2. The van der Waals surface area contributed by atoms with Crippen molar-refractivity contribution in [3.63, 3.8) is 0 Å². The molecule has 0 bridgehead atoms. The third kappa shape index (κ3) is 5.24. The van der Waals surface area contributed by atoms with Gasteiger partial charge in [0.25, 0.3) is 0 Å². The molecule has 1 aliphatic heterocycles. The van der Waals surface area contributed by atoms with E-state index < -0.39 is 5.79 Å². The summed E-state index contributed by atoms with van der Waals surface area (Å²) in [5, 5.41) is 3.87. The van der Waals surface area contributed by atoms with Crippen molar-refractivity contribution in [1.82, 2.24) is 5.43 Å². The molecule has 6 nitrogen and oxygen atoms in total. The lowest BCUT2D eigenvalue weighted by Crippen LogP contribution is -3.00. The smallest absolute Gasteiger partial charge is 0.305 e. The number of nitrogens with zero attached hydrogens (tertiary/aromatic N) is 2. The van der Waals surface area contributed by atoms with Crippen molar-refractivity contribution in [3.05, 3.63) is 30.6 Å². The Labute approximate surface area is 124 Å². The minimum absolute atomic E-state index is 0. The number of carbonyl (C=O) groups excluding carboxylic acids is 1. The Morgan fingerprint density at radius 1 is 1.45 bits per heavy atom. The highest BCUT2D eigenvalue weighted by Gasteiger charge is 2.31. The zero-order valence-corrected chi connectivity index (χ0v) is 12.2. The average Bonchev–Trinajstić information content (AvgIpc) is 2.70. The minimum Gasteiger partial charge on any atom is -1.00 e. The highest BCUT2D eigenvalue weighted by atomic mass is 35.5. The molecule has 0 aliphatic carbocycles. The number of nitrogens with one attached hydrogen (secondary N) is 1. The maximum Gasteiger partial charge on any atom is 0.305 e. The van der Waals surface area contributed by atoms with Gasteiger partial charge in [0.2, 0.25) is 6.54 Å². The summed E-state index contributed by atoms with van der Waals surface area (Å²) >= 11 is 0. The van der Waals surface area contributed by atoms with Crippen molar-refractivity contribution in [2.75, 3.05) is 6.61 Å². The Bertz CT molecular complexity index is 465. The third-order valence-electron chi connectivity index (χ3n) is 2.56. The van der Waals surface area contributed by atoms with E-state index in [2.05, 4.69) is 10.5 Å². The summed E-state index contributed by atoms with van der Waals surface area (Å²) in [4.78, 5) is 11.6. The molecule has 110 valence electrons. The maximum atomic E-state index is 11.6. The molecule has 1 N–H and O–H groups in total. The van der Waals surface area contributed by atoms with Crippen LogP contribution in [0.1, 0.15) is 13.8 Å². The summed E-state index contributed by atoms with van der Waals surface area (Å²) in [6, 6.07) is 5.62. The van der Waals surface area contributed by atoms with Crippen molar-refractivity contribution < 1.29 is 31.2 Å². The lowest BCUT2D eigenvalue weighted by atomic mass is 10.4. The van der Waals surface area contributed by atoms with E-state index in [0.29, 0.717) is 6.61 Å². The van der Waals surface area contributed by atoms with E-state index in [1.165, 1.54) is 0 Å². The molecule has 1 fully saturated rings. The Kier molecular flexibility index (Phi) is 6.06. The number of carbonyl (C=O) groups is 1. The van der Waals surface area contributed by atoms with Crippen LogP contribution in [0.15, 0.2) is 35.7 Å². The van der Waals surface area contributed by atoms with Crippen LogP contribution in [0.4, 0.5) is 0 Å². The van der Waals surface area contributed by atoms with Gasteiger partial charge in [-0.1, -0.05) is 6.07 Å². The second kappa shape index (κ2) is 7.33. The first-order valence-corrected chi connectivity index (χ1v) is 6.13. The van der Waals surface area contributed by atoms with Gasteiger partial charge in [0.15, 0.2) is 18.2 Å². The Morgan fingerprint density at radius 3 is 2.75 bits per heavy atom. The standard InChI is InChI=1S/C13H17N3O3.ClH/c1-13(2)18-10-11(19-13)8-14-15-12(17)9-16-6-4-3-5-7-16;/h3-8,11H,9-10H2,1-2H3;1H/b14-8+;. The predicted octanol–water partition coefficient (Wildman–Crippen LogP) is -2.77. The topological polar surface area (TPSA) is 63.8 Å². The molecule has 0 aromatic carbocycles. The van der Waals surface area contributed by atoms with Gasteiger partial charge in [-0.15, -0.1) is 0 Å². The number of hydrazone groups is 1. The Morgan fingerprint density at radius 2 is 2.15 bits per heavy atom. The molecule has 0 radical (unpaired) electrons. The van der Waals surface area contributed by atoms with Crippen LogP contribution in [0.5, 0.6) is 0 Å². The first-order valence-electron chi connectivity index (χ1n) is 6.13. The van der Waals surface area contributed by atoms with Crippen LogP contribution in [0.25, 0.3) is 0 Å². The summed E-state index contributed by atoms with van der Waals surface area (Å²) in [5.74, 6) is -0.772. The van der Waals surface area contributed by atoms with Gasteiger partial charge in [0, 0.05) is 12.1 Å². The predicted molar refractivity (Wildman–Crippen MR) is 68.2 cm³/mol. The van der Waals surface area contributed by atoms with Crippen molar-refractivity contribution in [3.8, 4) is 0 Å². The van der Waals surface area contributed by atoms with Gasteiger partial charge < -0.3 is 21.9 Å². The van der Waals surface area contributed by atoms with Gasteiger partial charge >= 0.3 is 5.91 Å². The summed E-state index contributed by atoms with van der Waals surface area (Å²) in [5.41, 5.74) is 2.46. The van der Waals surface area contributed by atoms with Gasteiger partial charge in [0.1, 0.15) is 6.10 Å². The fraction of sp³-hybridized carbons (Fsp3) is 0.462. The molecule has 2 rings (SSSR count). The molecule has 0 spiro atoms. The van der Waals surface area contributed by atoms with E-state index in [1.54, 1.807) is 10.8 Å². The monoisotopic (exact) mass is 299 g/mol. The number of aromatic nitrogens is 1. The second-order valence-corrected chi connectivity index (χ2v) is 4.73. The Balaban J connectivity index is 0.00000200. The largest absolute Gasteiger partial charge is 1.00 e. The summed E-state index contributed by atoms with van der Waals surface area (Å²) in [6.45, 7) is 4.35. The lowest BCUT2D eigenvalue weighted by Gasteiger charge is -2.15. The van der Waals surface area contributed by atoms with Crippen molar-refractivity contribution >= 4 is 12.1 Å². The van der Waals surface area contributed by atoms with Crippen LogP contribution in [0.2, 0.25) is 0 Å². The molecule has 1 aromatic rings. The SMILES string of the molecule is CC1(C)OCC(/C=N/NC(=O)C[n+]2ccccc2)O1.[Cl-].